The lowest BCUT2D eigenvalue weighted by atomic mass is 10.2. The Labute approximate surface area is 105 Å². The van der Waals surface area contributed by atoms with E-state index in [1.807, 2.05) is 32.2 Å². The van der Waals surface area contributed by atoms with E-state index in [2.05, 4.69) is 14.9 Å². The molecule has 0 atom stereocenters. The minimum atomic E-state index is -0.779. The van der Waals surface area contributed by atoms with Gasteiger partial charge in [0.25, 0.3) is 0 Å². The van der Waals surface area contributed by atoms with Gasteiger partial charge < -0.3 is 15.0 Å². The van der Waals surface area contributed by atoms with Crippen LogP contribution in [0.2, 0.25) is 0 Å². The SMILES string of the molecule is Cc1nc2cc(CNCCC(=O)O)ccc2n1C. The van der Waals surface area contributed by atoms with Crippen molar-refractivity contribution < 1.29 is 9.90 Å². The Balaban J connectivity index is 2.04. The Morgan fingerprint density at radius 1 is 1.50 bits per heavy atom. The number of rotatable bonds is 5. The summed E-state index contributed by atoms with van der Waals surface area (Å²) in [6.45, 7) is 3.12. The van der Waals surface area contributed by atoms with E-state index in [4.69, 9.17) is 5.11 Å². The minimum absolute atomic E-state index is 0.144. The van der Waals surface area contributed by atoms with Crippen LogP contribution >= 0.6 is 0 Å². The monoisotopic (exact) mass is 247 g/mol. The van der Waals surface area contributed by atoms with Crippen LogP contribution in [0, 0.1) is 6.92 Å². The maximum absolute atomic E-state index is 10.4. The number of aromatic nitrogens is 2. The first-order chi connectivity index (χ1) is 8.58. The third-order valence-corrected chi connectivity index (χ3v) is 3.01. The van der Waals surface area contributed by atoms with Crippen molar-refractivity contribution in [3.63, 3.8) is 0 Å². The van der Waals surface area contributed by atoms with Crippen LogP contribution in [0.3, 0.4) is 0 Å². The molecule has 18 heavy (non-hydrogen) atoms. The van der Waals surface area contributed by atoms with E-state index in [1.54, 1.807) is 0 Å². The average Bonchev–Trinajstić information content (AvgIpc) is 2.60. The van der Waals surface area contributed by atoms with Gasteiger partial charge in [0, 0.05) is 20.1 Å². The molecule has 5 nitrogen and oxygen atoms in total. The number of hydrogen-bond acceptors (Lipinski definition) is 3. The quantitative estimate of drug-likeness (QED) is 0.785. The highest BCUT2D eigenvalue weighted by Crippen LogP contribution is 2.16. The second kappa shape index (κ2) is 5.18. The summed E-state index contributed by atoms with van der Waals surface area (Å²) >= 11 is 0. The second-order valence-corrected chi connectivity index (χ2v) is 4.36. The Hall–Kier alpha value is -1.88. The molecule has 0 aliphatic rings. The molecule has 0 unspecified atom stereocenters. The van der Waals surface area contributed by atoms with E-state index in [-0.39, 0.29) is 6.42 Å². The molecule has 2 aromatic rings. The number of carbonyl (C=O) groups is 1. The summed E-state index contributed by atoms with van der Waals surface area (Å²) in [6, 6.07) is 6.12. The van der Waals surface area contributed by atoms with Gasteiger partial charge in [0.2, 0.25) is 0 Å². The molecule has 0 bridgehead atoms. The lowest BCUT2D eigenvalue weighted by molar-refractivity contribution is -0.136. The first-order valence-corrected chi connectivity index (χ1v) is 5.92. The summed E-state index contributed by atoms with van der Waals surface area (Å²) in [4.78, 5) is 14.8. The molecular formula is C13H17N3O2. The number of benzene rings is 1. The van der Waals surface area contributed by atoms with Gasteiger partial charge in [-0.25, -0.2) is 4.98 Å². The molecule has 2 rings (SSSR count). The molecule has 0 spiro atoms. The predicted molar refractivity (Wildman–Crippen MR) is 69.4 cm³/mol. The fourth-order valence-corrected chi connectivity index (χ4v) is 1.90. The number of aliphatic carboxylic acids is 1. The standard InChI is InChI=1S/C13H17N3O2/c1-9-15-11-7-10(3-4-12(11)16(9)2)8-14-6-5-13(17)18/h3-4,7,14H,5-6,8H2,1-2H3,(H,17,18). The fourth-order valence-electron chi connectivity index (χ4n) is 1.90. The highest BCUT2D eigenvalue weighted by Gasteiger charge is 2.04. The maximum Gasteiger partial charge on any atom is 0.304 e. The first kappa shape index (κ1) is 12.6. The number of nitrogens with one attached hydrogen (secondary N) is 1. The molecule has 0 fully saturated rings. The molecule has 0 amide bonds. The third-order valence-electron chi connectivity index (χ3n) is 3.01. The van der Waals surface area contributed by atoms with Crippen molar-refractivity contribution in [3.05, 3.63) is 29.6 Å². The van der Waals surface area contributed by atoms with Crippen molar-refractivity contribution in [1.82, 2.24) is 14.9 Å². The van der Waals surface area contributed by atoms with E-state index in [0.717, 1.165) is 22.4 Å². The second-order valence-electron chi connectivity index (χ2n) is 4.36. The zero-order valence-electron chi connectivity index (χ0n) is 10.6. The van der Waals surface area contributed by atoms with Crippen LogP contribution in [0.15, 0.2) is 18.2 Å². The lowest BCUT2D eigenvalue weighted by Gasteiger charge is -2.03. The van der Waals surface area contributed by atoms with Gasteiger partial charge >= 0.3 is 5.97 Å². The van der Waals surface area contributed by atoms with Crippen LogP contribution in [0.25, 0.3) is 11.0 Å². The van der Waals surface area contributed by atoms with E-state index in [1.165, 1.54) is 0 Å². The highest BCUT2D eigenvalue weighted by molar-refractivity contribution is 5.76. The molecule has 96 valence electrons. The summed E-state index contributed by atoms with van der Waals surface area (Å²) in [5.74, 6) is 0.208. The third kappa shape index (κ3) is 2.68. The highest BCUT2D eigenvalue weighted by atomic mass is 16.4. The summed E-state index contributed by atoms with van der Waals surface area (Å²) in [5.41, 5.74) is 3.21. The van der Waals surface area contributed by atoms with Gasteiger partial charge in [-0.1, -0.05) is 6.07 Å². The zero-order valence-corrected chi connectivity index (χ0v) is 10.6. The van der Waals surface area contributed by atoms with E-state index >= 15 is 0 Å². The van der Waals surface area contributed by atoms with Crippen molar-refractivity contribution in [3.8, 4) is 0 Å². The van der Waals surface area contributed by atoms with Gasteiger partial charge in [-0.05, 0) is 24.6 Å². The molecule has 0 saturated heterocycles. The minimum Gasteiger partial charge on any atom is -0.481 e. The Bertz CT molecular complexity index is 575. The smallest absolute Gasteiger partial charge is 0.304 e. The molecule has 0 radical (unpaired) electrons. The predicted octanol–water partition coefficient (Wildman–Crippen LogP) is 1.45. The Morgan fingerprint density at radius 3 is 3.00 bits per heavy atom. The molecule has 5 heteroatoms. The van der Waals surface area contributed by atoms with Crippen molar-refractivity contribution in [2.75, 3.05) is 6.54 Å². The zero-order chi connectivity index (χ0) is 13.1. The molecule has 0 aliphatic carbocycles. The fraction of sp³-hybridized carbons (Fsp3) is 0.385. The van der Waals surface area contributed by atoms with Crippen LogP contribution in [-0.2, 0) is 18.4 Å². The number of nitrogens with zero attached hydrogens (tertiary/aromatic N) is 2. The number of aryl methyl sites for hydroxylation is 2. The van der Waals surface area contributed by atoms with E-state index in [0.29, 0.717) is 13.1 Å². The topological polar surface area (TPSA) is 67.2 Å². The molecule has 0 aliphatic heterocycles. The van der Waals surface area contributed by atoms with Crippen molar-refractivity contribution in [2.24, 2.45) is 7.05 Å². The first-order valence-electron chi connectivity index (χ1n) is 5.92. The molecule has 0 saturated carbocycles. The number of hydrogen-bond donors (Lipinski definition) is 2. The Kier molecular flexibility index (Phi) is 3.62. The number of imidazole rings is 1. The van der Waals surface area contributed by atoms with Crippen molar-refractivity contribution in [2.45, 2.75) is 19.9 Å². The number of carboxylic acid groups (broad SMARTS) is 1. The van der Waals surface area contributed by atoms with Crippen LogP contribution in [-0.4, -0.2) is 27.2 Å². The maximum atomic E-state index is 10.4. The summed E-state index contributed by atoms with van der Waals surface area (Å²) < 4.78 is 2.05. The molecule has 1 heterocycles. The molecule has 1 aromatic heterocycles. The van der Waals surface area contributed by atoms with Crippen molar-refractivity contribution in [1.29, 1.82) is 0 Å². The Morgan fingerprint density at radius 2 is 2.28 bits per heavy atom. The number of fused-ring (bicyclic) bond motifs is 1. The number of carboxylic acids is 1. The van der Waals surface area contributed by atoms with E-state index in [9.17, 15) is 4.79 Å². The van der Waals surface area contributed by atoms with Gasteiger partial charge in [-0.3, -0.25) is 4.79 Å². The van der Waals surface area contributed by atoms with Gasteiger partial charge in [0.15, 0.2) is 0 Å². The average molecular weight is 247 g/mol. The van der Waals surface area contributed by atoms with Crippen LogP contribution in [0.1, 0.15) is 17.8 Å². The largest absolute Gasteiger partial charge is 0.481 e. The summed E-state index contributed by atoms with van der Waals surface area (Å²) in [7, 11) is 2.00. The normalized spacial score (nSPS) is 11.0. The van der Waals surface area contributed by atoms with E-state index < -0.39 is 5.97 Å². The summed E-state index contributed by atoms with van der Waals surface area (Å²) in [6.07, 6.45) is 0.144. The van der Waals surface area contributed by atoms with Crippen LogP contribution in [0.4, 0.5) is 0 Å². The van der Waals surface area contributed by atoms with Gasteiger partial charge in [-0.15, -0.1) is 0 Å². The van der Waals surface area contributed by atoms with Gasteiger partial charge in [0.1, 0.15) is 5.82 Å². The van der Waals surface area contributed by atoms with Gasteiger partial charge in [-0.2, -0.15) is 0 Å². The van der Waals surface area contributed by atoms with Crippen LogP contribution in [0.5, 0.6) is 0 Å². The van der Waals surface area contributed by atoms with Gasteiger partial charge in [0.05, 0.1) is 17.5 Å². The lowest BCUT2D eigenvalue weighted by Crippen LogP contribution is -2.17. The summed E-state index contributed by atoms with van der Waals surface area (Å²) in [5, 5.41) is 11.6. The molecular weight excluding hydrogens is 230 g/mol. The molecule has 1 aromatic carbocycles. The van der Waals surface area contributed by atoms with Crippen LogP contribution < -0.4 is 5.32 Å². The molecule has 2 N–H and O–H groups in total. The van der Waals surface area contributed by atoms with Crippen molar-refractivity contribution >= 4 is 17.0 Å².